The van der Waals surface area contributed by atoms with Gasteiger partial charge in [0.2, 0.25) is 16.4 Å². The Balaban J connectivity index is 1.00. The van der Waals surface area contributed by atoms with E-state index < -0.39 is 72.9 Å². The number of benzene rings is 2. The molecular weight excluding hydrogens is 685 g/mol. The lowest BCUT2D eigenvalue weighted by Crippen LogP contribution is -2.89. The first kappa shape index (κ1) is 31.0. The maximum atomic E-state index is 13.9. The van der Waals surface area contributed by atoms with Crippen LogP contribution in [0.5, 0.6) is 0 Å². The van der Waals surface area contributed by atoms with Crippen molar-refractivity contribution in [2.45, 2.75) is 30.3 Å². The van der Waals surface area contributed by atoms with Crippen molar-refractivity contribution in [1.29, 1.82) is 0 Å². The van der Waals surface area contributed by atoms with Crippen LogP contribution in [0.1, 0.15) is 31.8 Å². The number of likely N-dealkylation sites (tertiary alicyclic amines) is 3. The first-order valence-corrected chi connectivity index (χ1v) is 18.8. The smallest absolute Gasteiger partial charge is 0.255 e. The number of nitrogens with zero attached hydrogens (tertiary/aromatic N) is 3. The average Bonchev–Trinajstić information content (AvgIpc) is 3.21. The fraction of sp³-hybridized carbons (Fsp3) is 0.355. The summed E-state index contributed by atoms with van der Waals surface area (Å²) in [5.41, 5.74) is -0.802. The van der Waals surface area contributed by atoms with Crippen LogP contribution in [0.4, 0.5) is 0 Å². The zero-order valence-corrected chi connectivity index (χ0v) is 28.3. The highest BCUT2D eigenvalue weighted by Gasteiger charge is 2.95. The van der Waals surface area contributed by atoms with Gasteiger partial charge in [0, 0.05) is 32.3 Å². The summed E-state index contributed by atoms with van der Waals surface area (Å²) in [6, 6.07) is 13.5. The van der Waals surface area contributed by atoms with Crippen LogP contribution in [0.2, 0.25) is 0 Å². The largest absolute Gasteiger partial charge is 0.393 e. The van der Waals surface area contributed by atoms with Gasteiger partial charge in [-0.15, -0.1) is 0 Å². The maximum Gasteiger partial charge on any atom is 0.255 e. The van der Waals surface area contributed by atoms with Gasteiger partial charge in [-0.2, -0.15) is 0 Å². The molecular formula is C31H26N4O8S4. The van der Waals surface area contributed by atoms with Gasteiger partial charge in [-0.05, 0) is 11.1 Å². The molecule has 6 atom stereocenters. The van der Waals surface area contributed by atoms with Gasteiger partial charge in [0.15, 0.2) is 31.4 Å². The van der Waals surface area contributed by atoms with Crippen LogP contribution in [-0.2, 0) is 19.2 Å². The van der Waals surface area contributed by atoms with Crippen LogP contribution >= 0.6 is 43.2 Å². The normalized spacial score (nSPS) is 37.7. The second kappa shape index (κ2) is 9.45. The van der Waals surface area contributed by atoms with Crippen molar-refractivity contribution in [3.05, 3.63) is 70.8 Å². The van der Waals surface area contributed by atoms with Crippen LogP contribution in [0.3, 0.4) is 0 Å². The number of Topliss-reactive ketones (excluding diaryl/α,β-unsaturated/α-hetero) is 2. The zero-order chi connectivity index (χ0) is 33.5. The van der Waals surface area contributed by atoms with Crippen molar-refractivity contribution in [3.63, 3.8) is 0 Å². The molecule has 2 aromatic carbocycles. The summed E-state index contributed by atoms with van der Waals surface area (Å²) in [5.74, 6) is -2.63. The van der Waals surface area contributed by atoms with Crippen LogP contribution in [0.25, 0.3) is 12.2 Å². The standard InChI is InChI=1S/C31H26N4O8S4/c1-33-25(43)28(31(47-44-28)27(33,15-37)24(42)35(31)3)20(38)18-10-6-16(7-11-18)4-5-17-8-12-19(13-9-17)21(39)30-29(45-46-30)22(40)32-26(29,14-36)23(41)34(30)2/h4-13,36-37H,14-15H2,1-3H3,(H,32,40)/b5-4+/t26-,27-,28+,29?,30+,31?/m1/s1. The molecule has 0 saturated carbocycles. The molecule has 6 aliphatic heterocycles. The minimum Gasteiger partial charge on any atom is -0.393 e. The summed E-state index contributed by atoms with van der Waals surface area (Å²) < 4.78 is -2.94. The molecule has 0 bridgehead atoms. The Morgan fingerprint density at radius 3 is 1.72 bits per heavy atom. The fourth-order valence-corrected chi connectivity index (χ4v) is 16.5. The molecule has 2 unspecified atom stereocenters. The van der Waals surface area contributed by atoms with Gasteiger partial charge >= 0.3 is 0 Å². The summed E-state index contributed by atoms with van der Waals surface area (Å²) in [7, 11) is 9.17. The van der Waals surface area contributed by atoms with Gasteiger partial charge in [0.25, 0.3) is 17.7 Å². The van der Waals surface area contributed by atoms with Gasteiger partial charge in [-0.1, -0.05) is 104 Å². The molecule has 0 aliphatic carbocycles. The SMILES string of the molecule is CN1C(=O)[C@@]2(CO)N(C)C(=O)[C@]3(C(=O)c4ccc(/C=C/c5ccc(C(=O)[C@]67SSC68C(=O)N[C@]8(CO)C(=O)N7C)cc5)cc4)SSC132. The third kappa shape index (κ3) is 2.88. The summed E-state index contributed by atoms with van der Waals surface area (Å²) in [5, 5.41) is 22.9. The van der Waals surface area contributed by atoms with Crippen LogP contribution < -0.4 is 5.32 Å². The maximum absolute atomic E-state index is 13.9. The lowest BCUT2D eigenvalue weighted by atomic mass is 9.72. The van der Waals surface area contributed by atoms with Crippen molar-refractivity contribution >= 4 is 90.5 Å². The van der Waals surface area contributed by atoms with E-state index in [4.69, 9.17) is 0 Å². The lowest BCUT2D eigenvalue weighted by Gasteiger charge is -2.67. The molecule has 3 N–H and O–H groups in total. The summed E-state index contributed by atoms with van der Waals surface area (Å²) in [4.78, 5) is 81.3. The molecule has 0 radical (unpaired) electrons. The van der Waals surface area contributed by atoms with Gasteiger partial charge in [0.1, 0.15) is 0 Å². The number of hydrogen-bond acceptors (Lipinski definition) is 12. The number of hydrogen-bond donors (Lipinski definition) is 3. The first-order valence-electron chi connectivity index (χ1n) is 14.5. The van der Waals surface area contributed by atoms with E-state index in [-0.39, 0.29) is 5.78 Å². The van der Waals surface area contributed by atoms with Crippen LogP contribution in [0.15, 0.2) is 48.5 Å². The molecule has 2 spiro atoms. The van der Waals surface area contributed by atoms with Gasteiger partial charge < -0.3 is 30.2 Å². The highest BCUT2D eigenvalue weighted by molar-refractivity contribution is 8.81. The molecule has 12 nitrogen and oxygen atoms in total. The minimum absolute atomic E-state index is 0.310. The number of ketones is 2. The first-order chi connectivity index (χ1) is 22.3. The molecule has 16 heteroatoms. The van der Waals surface area contributed by atoms with Crippen molar-refractivity contribution in [3.8, 4) is 0 Å². The van der Waals surface area contributed by atoms with E-state index in [0.717, 1.165) is 43.5 Å². The second-order valence-corrected chi connectivity index (χ2v) is 17.4. The second-order valence-electron chi connectivity index (χ2n) is 12.3. The average molecular weight is 711 g/mol. The van der Waals surface area contributed by atoms with E-state index in [0.29, 0.717) is 11.1 Å². The Morgan fingerprint density at radius 2 is 1.28 bits per heavy atom. The number of carbonyl (C=O) groups is 6. The number of rotatable bonds is 8. The number of β-lactam (4-membered cyclic amide) rings is 2. The topological polar surface area (TPSA) is 165 Å². The molecule has 0 aromatic heterocycles. The van der Waals surface area contributed by atoms with Crippen molar-refractivity contribution in [2.75, 3.05) is 34.4 Å². The Hall–Kier alpha value is -3.28. The third-order valence-electron chi connectivity index (χ3n) is 10.7. The van der Waals surface area contributed by atoms with E-state index in [1.54, 1.807) is 55.6 Å². The minimum atomic E-state index is -1.55. The number of aliphatic hydroxyl groups excluding tert-OH is 2. The molecule has 242 valence electrons. The van der Waals surface area contributed by atoms with Crippen LogP contribution in [-0.4, -0.2) is 125 Å². The molecule has 47 heavy (non-hydrogen) atoms. The van der Waals surface area contributed by atoms with Gasteiger partial charge in [-0.3, -0.25) is 28.8 Å². The quantitative estimate of drug-likeness (QED) is 0.117. The highest BCUT2D eigenvalue weighted by Crippen LogP contribution is 2.79. The van der Waals surface area contributed by atoms with E-state index in [1.165, 1.54) is 39.6 Å². The van der Waals surface area contributed by atoms with Gasteiger partial charge in [0.05, 0.1) is 13.2 Å². The van der Waals surface area contributed by atoms with Crippen molar-refractivity contribution in [2.24, 2.45) is 0 Å². The number of likely N-dealkylation sites (N-methyl/N-ethyl adjacent to an activating group) is 3. The molecule has 2 aromatic rings. The molecule has 6 heterocycles. The predicted molar refractivity (Wildman–Crippen MR) is 178 cm³/mol. The van der Waals surface area contributed by atoms with E-state index >= 15 is 0 Å². The van der Waals surface area contributed by atoms with Crippen molar-refractivity contribution in [1.82, 2.24) is 20.0 Å². The molecule has 6 saturated heterocycles. The predicted octanol–water partition coefficient (Wildman–Crippen LogP) is 0.891. The Morgan fingerprint density at radius 1 is 0.702 bits per heavy atom. The van der Waals surface area contributed by atoms with E-state index in [2.05, 4.69) is 5.32 Å². The lowest BCUT2D eigenvalue weighted by molar-refractivity contribution is -0.175. The van der Waals surface area contributed by atoms with Crippen LogP contribution in [0, 0.1) is 0 Å². The van der Waals surface area contributed by atoms with Crippen molar-refractivity contribution < 1.29 is 39.0 Å². The highest BCUT2D eigenvalue weighted by atomic mass is 33.1. The monoisotopic (exact) mass is 710 g/mol. The fourth-order valence-electron chi connectivity index (χ4n) is 8.01. The number of carbonyl (C=O) groups excluding carboxylic acids is 6. The molecule has 4 amide bonds. The number of aliphatic hydroxyl groups is 2. The molecule has 8 rings (SSSR count). The third-order valence-corrected chi connectivity index (χ3v) is 18.7. The van der Waals surface area contributed by atoms with E-state index in [1.807, 2.05) is 12.2 Å². The summed E-state index contributed by atoms with van der Waals surface area (Å²) in [6.07, 6.45) is 3.65. The number of amides is 4. The zero-order valence-electron chi connectivity index (χ0n) is 25.0. The Kier molecular flexibility index (Phi) is 6.23. The summed E-state index contributed by atoms with van der Waals surface area (Å²) >= 11 is 0. The molecule has 6 fully saturated rings. The number of nitrogens with one attached hydrogen (secondary N) is 1. The molecule has 6 aliphatic rings. The Labute approximate surface area is 283 Å². The van der Waals surface area contributed by atoms with E-state index in [9.17, 15) is 39.0 Å². The summed E-state index contributed by atoms with van der Waals surface area (Å²) in [6.45, 7) is -1.17. The Bertz CT molecular complexity index is 1910. The van der Waals surface area contributed by atoms with Gasteiger partial charge in [-0.25, -0.2) is 0 Å².